The van der Waals surface area contributed by atoms with Gasteiger partial charge in [0.2, 0.25) is 0 Å². The molecule has 5 heteroatoms. The smallest absolute Gasteiger partial charge is 0.336 e. The van der Waals surface area contributed by atoms with E-state index in [0.29, 0.717) is 5.52 Å². The number of pyridine rings is 1. The molecule has 0 atom stereocenters. The second kappa shape index (κ2) is 3.37. The molecule has 1 aromatic carbocycles. The van der Waals surface area contributed by atoms with E-state index in [1.165, 1.54) is 7.11 Å². The minimum atomic E-state index is 0.254. The number of methoxy groups -OCH3 is 1. The molecule has 0 spiro atoms. The van der Waals surface area contributed by atoms with Crippen molar-refractivity contribution >= 4 is 21.9 Å². The molecule has 0 N–H and O–H groups in total. The van der Waals surface area contributed by atoms with E-state index in [-0.39, 0.29) is 6.01 Å². The Hall–Kier alpha value is -2.30. The van der Waals surface area contributed by atoms with Gasteiger partial charge < -0.3 is 4.74 Å². The number of hydrogen-bond donors (Lipinski definition) is 0. The van der Waals surface area contributed by atoms with Crippen molar-refractivity contribution in [2.45, 2.75) is 0 Å². The zero-order valence-electron chi connectivity index (χ0n) is 8.58. The van der Waals surface area contributed by atoms with Crippen LogP contribution >= 0.6 is 0 Å². The lowest BCUT2D eigenvalue weighted by Gasteiger charge is -2.01. The standard InChI is InChI=1S/C11H8N4O/c1-16-11-13-9-6-12-8-5-3-2-4-7(8)10(9)14-15-11/h2-6H,1H3. The maximum absolute atomic E-state index is 4.92. The van der Waals surface area contributed by atoms with Crippen LogP contribution in [-0.2, 0) is 0 Å². The molecular formula is C11H8N4O. The topological polar surface area (TPSA) is 60.8 Å². The van der Waals surface area contributed by atoms with Crippen molar-refractivity contribution in [1.82, 2.24) is 20.2 Å². The number of rotatable bonds is 1. The van der Waals surface area contributed by atoms with Crippen LogP contribution in [0.15, 0.2) is 30.5 Å². The normalized spacial score (nSPS) is 10.8. The Balaban J connectivity index is 2.43. The van der Waals surface area contributed by atoms with Gasteiger partial charge in [-0.05, 0) is 6.07 Å². The van der Waals surface area contributed by atoms with E-state index in [4.69, 9.17) is 4.74 Å². The van der Waals surface area contributed by atoms with Gasteiger partial charge in [-0.15, -0.1) is 5.10 Å². The highest BCUT2D eigenvalue weighted by Gasteiger charge is 2.05. The molecule has 16 heavy (non-hydrogen) atoms. The van der Waals surface area contributed by atoms with Gasteiger partial charge >= 0.3 is 6.01 Å². The first-order valence-electron chi connectivity index (χ1n) is 4.80. The highest BCUT2D eigenvalue weighted by molar-refractivity contribution is 6.00. The Morgan fingerprint density at radius 1 is 1.06 bits per heavy atom. The summed E-state index contributed by atoms with van der Waals surface area (Å²) in [6, 6.07) is 8.01. The van der Waals surface area contributed by atoms with Crippen molar-refractivity contribution in [1.29, 1.82) is 0 Å². The molecule has 0 aliphatic carbocycles. The Morgan fingerprint density at radius 2 is 1.94 bits per heavy atom. The number of ether oxygens (including phenoxy) is 1. The van der Waals surface area contributed by atoms with Gasteiger partial charge in [0.15, 0.2) is 0 Å². The lowest BCUT2D eigenvalue weighted by Crippen LogP contribution is -1.96. The number of hydrogen-bond acceptors (Lipinski definition) is 5. The molecule has 0 saturated heterocycles. The zero-order valence-corrected chi connectivity index (χ0v) is 8.58. The molecule has 0 fully saturated rings. The number of aromatic nitrogens is 4. The largest absolute Gasteiger partial charge is 0.466 e. The fraction of sp³-hybridized carbons (Fsp3) is 0.0909. The Kier molecular flexibility index (Phi) is 1.89. The quantitative estimate of drug-likeness (QED) is 0.573. The maximum Gasteiger partial charge on any atom is 0.336 e. The third kappa shape index (κ3) is 1.25. The first-order chi connectivity index (χ1) is 7.88. The highest BCUT2D eigenvalue weighted by Crippen LogP contribution is 2.20. The van der Waals surface area contributed by atoms with Crippen LogP contribution in [0.3, 0.4) is 0 Å². The Morgan fingerprint density at radius 3 is 2.81 bits per heavy atom. The average Bonchev–Trinajstić information content (AvgIpc) is 2.38. The molecule has 0 aliphatic rings. The molecule has 3 rings (SSSR count). The monoisotopic (exact) mass is 212 g/mol. The van der Waals surface area contributed by atoms with Gasteiger partial charge in [0.25, 0.3) is 0 Å². The molecule has 3 aromatic rings. The van der Waals surface area contributed by atoms with Crippen LogP contribution in [0.4, 0.5) is 0 Å². The minimum Gasteiger partial charge on any atom is -0.466 e. The van der Waals surface area contributed by atoms with Crippen molar-refractivity contribution in [3.05, 3.63) is 30.5 Å². The third-order valence-corrected chi connectivity index (χ3v) is 2.36. The van der Waals surface area contributed by atoms with Gasteiger partial charge in [0.05, 0.1) is 18.8 Å². The van der Waals surface area contributed by atoms with Gasteiger partial charge in [0, 0.05) is 5.39 Å². The van der Waals surface area contributed by atoms with Crippen molar-refractivity contribution < 1.29 is 4.74 Å². The third-order valence-electron chi connectivity index (χ3n) is 2.36. The summed E-state index contributed by atoms with van der Waals surface area (Å²) in [4.78, 5) is 8.48. The fourth-order valence-electron chi connectivity index (χ4n) is 1.61. The van der Waals surface area contributed by atoms with Gasteiger partial charge in [-0.25, -0.2) is 0 Å². The molecule has 0 radical (unpaired) electrons. The van der Waals surface area contributed by atoms with Crippen molar-refractivity contribution in [3.8, 4) is 6.01 Å². The van der Waals surface area contributed by atoms with E-state index < -0.39 is 0 Å². The summed E-state index contributed by atoms with van der Waals surface area (Å²) in [5.41, 5.74) is 2.31. The summed E-state index contributed by atoms with van der Waals surface area (Å²) in [6.07, 6.45) is 1.68. The number of fused-ring (bicyclic) bond motifs is 3. The molecule has 78 valence electrons. The van der Waals surface area contributed by atoms with Crippen molar-refractivity contribution in [2.75, 3.05) is 7.11 Å². The fourth-order valence-corrected chi connectivity index (χ4v) is 1.61. The predicted octanol–water partition coefficient (Wildman–Crippen LogP) is 1.58. The van der Waals surface area contributed by atoms with Crippen molar-refractivity contribution in [3.63, 3.8) is 0 Å². The molecule has 0 aliphatic heterocycles. The van der Waals surface area contributed by atoms with E-state index in [2.05, 4.69) is 20.2 Å². The summed E-state index contributed by atoms with van der Waals surface area (Å²) in [7, 11) is 1.51. The van der Waals surface area contributed by atoms with E-state index in [0.717, 1.165) is 16.4 Å². The van der Waals surface area contributed by atoms with Gasteiger partial charge in [-0.3, -0.25) is 4.98 Å². The molecule has 5 nitrogen and oxygen atoms in total. The molecule has 0 amide bonds. The van der Waals surface area contributed by atoms with E-state index in [1.807, 2.05) is 24.3 Å². The van der Waals surface area contributed by atoms with Gasteiger partial charge in [-0.2, -0.15) is 4.98 Å². The minimum absolute atomic E-state index is 0.254. The molecule has 0 unspecified atom stereocenters. The van der Waals surface area contributed by atoms with Gasteiger partial charge in [0.1, 0.15) is 11.0 Å². The van der Waals surface area contributed by atoms with Crippen LogP contribution < -0.4 is 4.74 Å². The van der Waals surface area contributed by atoms with Crippen LogP contribution in [0.5, 0.6) is 6.01 Å². The zero-order chi connectivity index (χ0) is 11.0. The second-order valence-corrected chi connectivity index (χ2v) is 3.31. The lowest BCUT2D eigenvalue weighted by molar-refractivity contribution is 0.376. The van der Waals surface area contributed by atoms with E-state index in [1.54, 1.807) is 6.20 Å². The summed E-state index contributed by atoms with van der Waals surface area (Å²) >= 11 is 0. The van der Waals surface area contributed by atoms with Crippen LogP contribution in [0.1, 0.15) is 0 Å². The van der Waals surface area contributed by atoms with Crippen LogP contribution in [-0.4, -0.2) is 27.3 Å². The van der Waals surface area contributed by atoms with Crippen LogP contribution in [0, 0.1) is 0 Å². The van der Waals surface area contributed by atoms with Crippen molar-refractivity contribution in [2.24, 2.45) is 0 Å². The first-order valence-corrected chi connectivity index (χ1v) is 4.80. The molecule has 2 heterocycles. The molecule has 2 aromatic heterocycles. The highest BCUT2D eigenvalue weighted by atomic mass is 16.5. The average molecular weight is 212 g/mol. The summed E-state index contributed by atoms with van der Waals surface area (Å²) in [5.74, 6) is 0. The maximum atomic E-state index is 4.92. The Bertz CT molecular complexity index is 668. The summed E-state index contributed by atoms with van der Waals surface area (Å²) in [5, 5.41) is 8.91. The summed E-state index contributed by atoms with van der Waals surface area (Å²) in [6.45, 7) is 0. The molecular weight excluding hydrogens is 204 g/mol. The second-order valence-electron chi connectivity index (χ2n) is 3.31. The molecule has 0 saturated carbocycles. The number of nitrogens with zero attached hydrogens (tertiary/aromatic N) is 4. The van der Waals surface area contributed by atoms with Gasteiger partial charge in [-0.1, -0.05) is 23.3 Å². The lowest BCUT2D eigenvalue weighted by atomic mass is 10.2. The first kappa shape index (κ1) is 8.96. The Labute approximate surface area is 91.1 Å². The summed E-state index contributed by atoms with van der Waals surface area (Å²) < 4.78 is 4.92. The molecule has 0 bridgehead atoms. The van der Waals surface area contributed by atoms with Crippen LogP contribution in [0.25, 0.3) is 21.9 Å². The SMILES string of the molecule is COc1nnc2c(cnc3ccccc32)n1. The van der Waals surface area contributed by atoms with Crippen LogP contribution in [0.2, 0.25) is 0 Å². The number of benzene rings is 1. The van der Waals surface area contributed by atoms with E-state index in [9.17, 15) is 0 Å². The van der Waals surface area contributed by atoms with E-state index >= 15 is 0 Å². The number of para-hydroxylation sites is 1. The predicted molar refractivity (Wildman–Crippen MR) is 59.2 cm³/mol.